The molecule has 2 aromatic rings. The molecule has 21 heavy (non-hydrogen) atoms. The lowest BCUT2D eigenvalue weighted by Gasteiger charge is -2.21. The normalized spacial score (nSPS) is 17.0. The summed E-state index contributed by atoms with van der Waals surface area (Å²) < 4.78 is 27.7. The second-order valence-corrected chi connectivity index (χ2v) is 5.00. The zero-order valence-electron chi connectivity index (χ0n) is 11.4. The van der Waals surface area contributed by atoms with E-state index >= 15 is 0 Å². The van der Waals surface area contributed by atoms with Crippen LogP contribution in [0.2, 0.25) is 0 Å². The number of anilines is 1. The summed E-state index contributed by atoms with van der Waals surface area (Å²) in [5.41, 5.74) is 2.16. The Bertz CT molecular complexity index is 723. The Kier molecular flexibility index (Phi) is 3.09. The number of nitrogens with zero attached hydrogens (tertiary/aromatic N) is 1. The zero-order chi connectivity index (χ0) is 15.0. The van der Waals surface area contributed by atoms with Gasteiger partial charge in [-0.05, 0) is 30.2 Å². The SMILES string of the molecule is Cc1cccc(N2C(=O)C(F)(F)C=C2c2ccccc2)c1. The highest BCUT2D eigenvalue weighted by molar-refractivity contribution is 6.15. The molecule has 0 N–H and O–H groups in total. The molecular weight excluding hydrogens is 272 g/mol. The second kappa shape index (κ2) is 4.81. The Labute approximate surface area is 121 Å². The van der Waals surface area contributed by atoms with E-state index in [0.29, 0.717) is 11.3 Å². The molecule has 0 atom stereocenters. The fourth-order valence-corrected chi connectivity index (χ4v) is 2.40. The van der Waals surface area contributed by atoms with Crippen molar-refractivity contribution in [3.05, 3.63) is 71.8 Å². The highest BCUT2D eigenvalue weighted by Crippen LogP contribution is 2.39. The molecule has 0 radical (unpaired) electrons. The van der Waals surface area contributed by atoms with E-state index in [4.69, 9.17) is 0 Å². The van der Waals surface area contributed by atoms with Crippen LogP contribution in [0, 0.1) is 6.92 Å². The molecule has 0 aliphatic carbocycles. The van der Waals surface area contributed by atoms with Gasteiger partial charge in [-0.15, -0.1) is 0 Å². The van der Waals surface area contributed by atoms with Crippen molar-refractivity contribution in [3.8, 4) is 0 Å². The van der Waals surface area contributed by atoms with Crippen LogP contribution in [0.15, 0.2) is 60.7 Å². The van der Waals surface area contributed by atoms with Crippen molar-refractivity contribution in [2.75, 3.05) is 4.90 Å². The lowest BCUT2D eigenvalue weighted by Crippen LogP contribution is -2.34. The highest BCUT2D eigenvalue weighted by atomic mass is 19.3. The third-order valence-electron chi connectivity index (χ3n) is 3.38. The minimum atomic E-state index is -3.48. The number of halogens is 2. The fraction of sp³-hybridized carbons (Fsp3) is 0.118. The maximum absolute atomic E-state index is 13.8. The molecule has 1 aliphatic rings. The standard InChI is InChI=1S/C17H13F2NO/c1-12-6-5-9-14(10-12)20-15(11-17(18,19)16(20)21)13-7-3-2-4-8-13/h2-11H,1H3. The maximum Gasteiger partial charge on any atom is 0.346 e. The van der Waals surface area contributed by atoms with Crippen LogP contribution in [0.5, 0.6) is 0 Å². The first-order valence-corrected chi connectivity index (χ1v) is 6.56. The van der Waals surface area contributed by atoms with Gasteiger partial charge in [-0.2, -0.15) is 8.78 Å². The van der Waals surface area contributed by atoms with Gasteiger partial charge in [0.2, 0.25) is 0 Å². The van der Waals surface area contributed by atoms with Gasteiger partial charge >= 0.3 is 11.8 Å². The summed E-state index contributed by atoms with van der Waals surface area (Å²) in [6.07, 6.45) is 0.729. The average molecular weight is 285 g/mol. The Morgan fingerprint density at radius 2 is 1.71 bits per heavy atom. The van der Waals surface area contributed by atoms with Crippen molar-refractivity contribution < 1.29 is 13.6 Å². The van der Waals surface area contributed by atoms with E-state index in [-0.39, 0.29) is 5.70 Å². The molecule has 0 fully saturated rings. The van der Waals surface area contributed by atoms with Crippen molar-refractivity contribution in [1.29, 1.82) is 0 Å². The van der Waals surface area contributed by atoms with Crippen molar-refractivity contribution in [1.82, 2.24) is 0 Å². The van der Waals surface area contributed by atoms with E-state index < -0.39 is 11.8 Å². The van der Waals surface area contributed by atoms with Crippen LogP contribution in [-0.2, 0) is 4.79 Å². The molecule has 4 heteroatoms. The molecule has 0 bridgehead atoms. The third kappa shape index (κ3) is 2.33. The van der Waals surface area contributed by atoms with Crippen molar-refractivity contribution in [2.45, 2.75) is 12.8 Å². The van der Waals surface area contributed by atoms with Crippen LogP contribution < -0.4 is 4.90 Å². The van der Waals surface area contributed by atoms with Crippen LogP contribution in [0.4, 0.5) is 14.5 Å². The lowest BCUT2D eigenvalue weighted by atomic mass is 10.1. The van der Waals surface area contributed by atoms with Gasteiger partial charge in [0.25, 0.3) is 0 Å². The van der Waals surface area contributed by atoms with E-state index in [1.807, 2.05) is 13.0 Å². The van der Waals surface area contributed by atoms with E-state index in [0.717, 1.165) is 16.5 Å². The number of hydrogen-bond acceptors (Lipinski definition) is 1. The van der Waals surface area contributed by atoms with E-state index in [1.165, 1.54) is 0 Å². The quantitative estimate of drug-likeness (QED) is 0.816. The van der Waals surface area contributed by atoms with Crippen LogP contribution in [-0.4, -0.2) is 11.8 Å². The lowest BCUT2D eigenvalue weighted by molar-refractivity contribution is -0.134. The number of carbonyl (C=O) groups is 1. The topological polar surface area (TPSA) is 20.3 Å². The Morgan fingerprint density at radius 3 is 2.38 bits per heavy atom. The number of carbonyl (C=O) groups excluding carboxylic acids is 1. The van der Waals surface area contributed by atoms with Gasteiger partial charge in [0, 0.05) is 11.8 Å². The molecule has 0 saturated carbocycles. The van der Waals surface area contributed by atoms with Gasteiger partial charge in [0.1, 0.15) is 0 Å². The fourth-order valence-electron chi connectivity index (χ4n) is 2.40. The largest absolute Gasteiger partial charge is 0.346 e. The van der Waals surface area contributed by atoms with Gasteiger partial charge in [-0.1, -0.05) is 42.5 Å². The monoisotopic (exact) mass is 285 g/mol. The van der Waals surface area contributed by atoms with Gasteiger partial charge in [-0.25, -0.2) is 0 Å². The summed E-state index contributed by atoms with van der Waals surface area (Å²) >= 11 is 0. The van der Waals surface area contributed by atoms with Gasteiger partial charge in [0.15, 0.2) is 0 Å². The highest BCUT2D eigenvalue weighted by Gasteiger charge is 2.48. The molecule has 0 unspecified atom stereocenters. The molecule has 1 heterocycles. The summed E-state index contributed by atoms with van der Waals surface area (Å²) in [5.74, 6) is -4.69. The zero-order valence-corrected chi connectivity index (χ0v) is 11.4. The van der Waals surface area contributed by atoms with Crippen molar-refractivity contribution in [2.24, 2.45) is 0 Å². The van der Waals surface area contributed by atoms with Crippen LogP contribution in [0.25, 0.3) is 5.70 Å². The maximum atomic E-state index is 13.8. The summed E-state index contributed by atoms with van der Waals surface area (Å²) in [5, 5.41) is 0. The Balaban J connectivity index is 2.13. The predicted octanol–water partition coefficient (Wildman–Crippen LogP) is 4.02. The molecule has 0 spiro atoms. The van der Waals surface area contributed by atoms with E-state index in [2.05, 4.69) is 0 Å². The first-order valence-electron chi connectivity index (χ1n) is 6.56. The molecule has 3 rings (SSSR count). The Morgan fingerprint density at radius 1 is 1.00 bits per heavy atom. The molecule has 106 valence electrons. The first kappa shape index (κ1) is 13.5. The molecule has 0 saturated heterocycles. The first-order chi connectivity index (χ1) is 9.99. The third-order valence-corrected chi connectivity index (χ3v) is 3.38. The van der Waals surface area contributed by atoms with Crippen LogP contribution in [0.3, 0.4) is 0 Å². The minimum Gasteiger partial charge on any atom is -0.275 e. The number of rotatable bonds is 2. The average Bonchev–Trinajstić information content (AvgIpc) is 2.71. The van der Waals surface area contributed by atoms with Crippen molar-refractivity contribution >= 4 is 17.3 Å². The van der Waals surface area contributed by atoms with Crippen LogP contribution in [0.1, 0.15) is 11.1 Å². The molecule has 1 amide bonds. The van der Waals surface area contributed by atoms with E-state index in [1.54, 1.807) is 48.5 Å². The number of alkyl halides is 2. The van der Waals surface area contributed by atoms with Gasteiger partial charge < -0.3 is 0 Å². The minimum absolute atomic E-state index is 0.219. The number of amides is 1. The van der Waals surface area contributed by atoms with E-state index in [9.17, 15) is 13.6 Å². The summed E-state index contributed by atoms with van der Waals surface area (Å²) in [6.45, 7) is 1.86. The molecular formula is C17H13F2NO. The van der Waals surface area contributed by atoms with Crippen molar-refractivity contribution in [3.63, 3.8) is 0 Å². The van der Waals surface area contributed by atoms with Gasteiger partial charge in [0.05, 0.1) is 5.70 Å². The summed E-state index contributed by atoms with van der Waals surface area (Å²) in [7, 11) is 0. The molecule has 2 nitrogen and oxygen atoms in total. The number of hydrogen-bond donors (Lipinski definition) is 0. The smallest absolute Gasteiger partial charge is 0.275 e. The molecule has 0 aromatic heterocycles. The second-order valence-electron chi connectivity index (χ2n) is 5.00. The number of benzene rings is 2. The summed E-state index contributed by atoms with van der Waals surface area (Å²) in [6, 6.07) is 15.7. The summed E-state index contributed by atoms with van der Waals surface area (Å²) in [4.78, 5) is 13.1. The Hall–Kier alpha value is -2.49. The number of aryl methyl sites for hydroxylation is 1. The van der Waals surface area contributed by atoms with Crippen LogP contribution >= 0.6 is 0 Å². The predicted molar refractivity (Wildman–Crippen MR) is 78.0 cm³/mol. The molecule has 2 aromatic carbocycles. The molecule has 1 aliphatic heterocycles. The van der Waals surface area contributed by atoms with Gasteiger partial charge in [-0.3, -0.25) is 9.69 Å².